The van der Waals surface area contributed by atoms with Crippen molar-refractivity contribution in [2.24, 2.45) is 0 Å². The van der Waals surface area contributed by atoms with Crippen LogP contribution in [0.2, 0.25) is 0 Å². The summed E-state index contributed by atoms with van der Waals surface area (Å²) in [7, 11) is 1.55. The maximum atomic E-state index is 13.5. The van der Waals surface area contributed by atoms with E-state index in [1.807, 2.05) is 6.92 Å². The van der Waals surface area contributed by atoms with Crippen molar-refractivity contribution in [3.8, 4) is 11.5 Å². The second kappa shape index (κ2) is 11.0. The summed E-state index contributed by atoms with van der Waals surface area (Å²) in [5.74, 6) is -0.343. The van der Waals surface area contributed by atoms with E-state index in [9.17, 15) is 19.1 Å². The molecule has 1 aromatic heterocycles. The van der Waals surface area contributed by atoms with Crippen molar-refractivity contribution in [2.45, 2.75) is 35.6 Å². The second-order valence-electron chi connectivity index (χ2n) is 9.66. The summed E-state index contributed by atoms with van der Waals surface area (Å²) in [4.78, 5) is 28.3. The van der Waals surface area contributed by atoms with Gasteiger partial charge in [-0.1, -0.05) is 47.4 Å². The number of rotatable bonds is 7. The van der Waals surface area contributed by atoms with Crippen LogP contribution in [0, 0.1) is 5.82 Å². The average molecular weight is 590 g/mol. The minimum Gasteiger partial charge on any atom is -0.507 e. The number of carbonyl (C=O) groups excluding carboxylic acids is 2. The normalized spacial score (nSPS) is 19.3. The van der Waals surface area contributed by atoms with E-state index in [0.717, 1.165) is 28.2 Å². The molecule has 1 saturated heterocycles. The number of ether oxygens (including phenoxy) is 2. The highest BCUT2D eigenvalue weighted by Gasteiger charge is 2.48. The van der Waals surface area contributed by atoms with Crippen molar-refractivity contribution < 1.29 is 28.6 Å². The minimum atomic E-state index is -0.938. The molecule has 41 heavy (non-hydrogen) atoms. The van der Waals surface area contributed by atoms with E-state index in [1.165, 1.54) is 28.8 Å². The van der Waals surface area contributed by atoms with Crippen molar-refractivity contribution in [2.75, 3.05) is 12.0 Å². The van der Waals surface area contributed by atoms with Gasteiger partial charge in [0.1, 0.15) is 29.2 Å². The number of aliphatic hydroxyl groups is 1. The molecule has 0 saturated carbocycles. The summed E-state index contributed by atoms with van der Waals surface area (Å²) in [6.45, 7) is 1.96. The van der Waals surface area contributed by atoms with Crippen LogP contribution >= 0.6 is 23.1 Å². The summed E-state index contributed by atoms with van der Waals surface area (Å²) in [6.07, 6.45) is 0.690. The molecule has 0 aliphatic carbocycles. The van der Waals surface area contributed by atoms with Crippen LogP contribution in [-0.2, 0) is 21.8 Å². The van der Waals surface area contributed by atoms with Gasteiger partial charge in [-0.2, -0.15) is 0 Å². The van der Waals surface area contributed by atoms with Crippen LogP contribution in [0.1, 0.15) is 35.2 Å². The molecule has 0 unspecified atom stereocenters. The molecule has 1 N–H and O–H groups in total. The SMILES string of the molecule is COc1ccc([C@H]2/C(=C(\O)c3ccc4c(c3)C[C@H](C)O4)C(=O)C(=O)N2c2nnc(SCc3ccc(F)cc3)s2)cc1. The number of aliphatic hydroxyl groups excluding tert-OH is 1. The number of ketones is 1. The number of carbonyl (C=O) groups is 2. The topological polar surface area (TPSA) is 102 Å². The number of thioether (sulfide) groups is 1. The van der Waals surface area contributed by atoms with E-state index in [1.54, 1.807) is 61.7 Å². The van der Waals surface area contributed by atoms with Crippen molar-refractivity contribution >= 4 is 45.7 Å². The monoisotopic (exact) mass is 589 g/mol. The molecular weight excluding hydrogens is 565 g/mol. The van der Waals surface area contributed by atoms with Crippen LogP contribution in [0.5, 0.6) is 11.5 Å². The lowest BCUT2D eigenvalue weighted by Crippen LogP contribution is -2.29. The molecule has 8 nitrogen and oxygen atoms in total. The molecule has 3 aromatic carbocycles. The van der Waals surface area contributed by atoms with Gasteiger partial charge in [0.05, 0.1) is 18.7 Å². The Morgan fingerprint density at radius 1 is 1.12 bits per heavy atom. The Hall–Kier alpha value is -4.22. The van der Waals surface area contributed by atoms with Crippen molar-refractivity contribution in [3.05, 3.63) is 100 Å². The molecule has 1 fully saturated rings. The van der Waals surface area contributed by atoms with Crippen molar-refractivity contribution in [1.82, 2.24) is 10.2 Å². The Bertz CT molecular complexity index is 1670. The largest absolute Gasteiger partial charge is 0.507 e. The maximum absolute atomic E-state index is 13.5. The number of hydrogen-bond donors (Lipinski definition) is 1. The smallest absolute Gasteiger partial charge is 0.301 e. The van der Waals surface area contributed by atoms with Crippen LogP contribution in [0.4, 0.5) is 9.52 Å². The number of fused-ring (bicyclic) bond motifs is 1. The van der Waals surface area contributed by atoms with Crippen LogP contribution in [0.15, 0.2) is 76.6 Å². The van der Waals surface area contributed by atoms with Gasteiger partial charge >= 0.3 is 5.91 Å². The molecular formula is C30H24FN3O5S2. The summed E-state index contributed by atoms with van der Waals surface area (Å²) in [5, 5.41) is 20.2. The molecule has 3 heterocycles. The quantitative estimate of drug-likeness (QED) is 0.0931. The van der Waals surface area contributed by atoms with Crippen molar-refractivity contribution in [3.63, 3.8) is 0 Å². The fourth-order valence-electron chi connectivity index (χ4n) is 4.94. The predicted molar refractivity (Wildman–Crippen MR) is 154 cm³/mol. The fraction of sp³-hybridized carbons (Fsp3) is 0.200. The first-order chi connectivity index (χ1) is 19.8. The van der Waals surface area contributed by atoms with E-state index in [-0.39, 0.29) is 28.4 Å². The first-order valence-corrected chi connectivity index (χ1v) is 14.6. The lowest BCUT2D eigenvalue weighted by molar-refractivity contribution is -0.132. The fourth-order valence-corrected chi connectivity index (χ4v) is 6.76. The molecule has 0 bridgehead atoms. The summed E-state index contributed by atoms with van der Waals surface area (Å²) < 4.78 is 24.9. The standard InChI is InChI=1S/C30H24FN3O5S2/c1-16-13-20-14-19(7-12-23(20)39-16)26(35)24-25(18-5-10-22(38-2)11-6-18)34(28(37)27(24)36)29-32-33-30(41-29)40-15-17-3-8-21(31)9-4-17/h3-12,14,16,25,35H,13,15H2,1-2H3/b26-24+/t16-,25-/m0/s1. The van der Waals surface area contributed by atoms with E-state index >= 15 is 0 Å². The van der Waals surface area contributed by atoms with Gasteiger partial charge in [0, 0.05) is 17.7 Å². The maximum Gasteiger partial charge on any atom is 0.301 e. The molecule has 0 radical (unpaired) electrons. The molecule has 11 heteroatoms. The number of benzene rings is 3. The lowest BCUT2D eigenvalue weighted by atomic mass is 9.94. The van der Waals surface area contributed by atoms with Crippen LogP contribution < -0.4 is 14.4 Å². The Labute approximate surface area is 243 Å². The molecule has 6 rings (SSSR count). The predicted octanol–water partition coefficient (Wildman–Crippen LogP) is 5.93. The van der Waals surface area contributed by atoms with E-state index in [2.05, 4.69) is 10.2 Å². The summed E-state index contributed by atoms with van der Waals surface area (Å²) >= 11 is 2.55. The molecule has 208 valence electrons. The van der Waals surface area contributed by atoms with Gasteiger partial charge in [-0.25, -0.2) is 4.39 Å². The molecule has 2 atom stereocenters. The number of anilines is 1. The van der Waals surface area contributed by atoms with Gasteiger partial charge in [-0.3, -0.25) is 14.5 Å². The summed E-state index contributed by atoms with van der Waals surface area (Å²) in [6, 6.07) is 17.4. The summed E-state index contributed by atoms with van der Waals surface area (Å²) in [5.41, 5.74) is 2.80. The molecule has 1 amide bonds. The lowest BCUT2D eigenvalue weighted by Gasteiger charge is -2.22. The van der Waals surface area contributed by atoms with Gasteiger partial charge in [0.25, 0.3) is 5.78 Å². The zero-order valence-electron chi connectivity index (χ0n) is 22.0. The number of methoxy groups -OCH3 is 1. The van der Waals surface area contributed by atoms with Crippen LogP contribution in [0.25, 0.3) is 5.76 Å². The van der Waals surface area contributed by atoms with Gasteiger partial charge in [-0.15, -0.1) is 10.2 Å². The Balaban J connectivity index is 1.38. The van der Waals surface area contributed by atoms with Crippen molar-refractivity contribution in [1.29, 1.82) is 0 Å². The van der Waals surface area contributed by atoms with Gasteiger partial charge in [0.2, 0.25) is 5.13 Å². The first kappa shape index (κ1) is 27.0. The highest BCUT2D eigenvalue weighted by molar-refractivity contribution is 8.00. The Morgan fingerprint density at radius 3 is 2.61 bits per heavy atom. The van der Waals surface area contributed by atoms with E-state index < -0.39 is 17.7 Å². The highest BCUT2D eigenvalue weighted by Crippen LogP contribution is 2.45. The highest BCUT2D eigenvalue weighted by atomic mass is 32.2. The molecule has 2 aliphatic heterocycles. The van der Waals surface area contributed by atoms with Gasteiger partial charge in [-0.05, 0) is 66.1 Å². The number of aromatic nitrogens is 2. The number of hydrogen-bond acceptors (Lipinski definition) is 9. The Morgan fingerprint density at radius 2 is 1.88 bits per heavy atom. The molecule has 0 spiro atoms. The van der Waals surface area contributed by atoms with Gasteiger partial charge < -0.3 is 14.6 Å². The third-order valence-electron chi connectivity index (χ3n) is 6.92. The number of amides is 1. The van der Waals surface area contributed by atoms with Crippen LogP contribution in [0.3, 0.4) is 0 Å². The molecule has 4 aromatic rings. The zero-order valence-corrected chi connectivity index (χ0v) is 23.7. The first-order valence-electron chi connectivity index (χ1n) is 12.8. The average Bonchev–Trinajstić information content (AvgIpc) is 3.67. The number of halogens is 1. The minimum absolute atomic E-state index is 0.0137. The van der Waals surface area contributed by atoms with Crippen LogP contribution in [-0.4, -0.2) is 40.2 Å². The Kier molecular flexibility index (Phi) is 7.22. The number of nitrogens with zero attached hydrogens (tertiary/aromatic N) is 3. The second-order valence-corrected chi connectivity index (χ2v) is 11.8. The zero-order chi connectivity index (χ0) is 28.7. The van der Waals surface area contributed by atoms with Gasteiger partial charge in [0.15, 0.2) is 4.34 Å². The molecule has 2 aliphatic rings. The number of Topliss-reactive ketones (excluding diaryl/α,β-unsaturated/α-hetero) is 1. The third kappa shape index (κ3) is 5.18. The third-order valence-corrected chi connectivity index (χ3v) is 9.05. The van der Waals surface area contributed by atoms with E-state index in [0.29, 0.717) is 33.4 Å². The van der Waals surface area contributed by atoms with E-state index in [4.69, 9.17) is 9.47 Å².